The lowest BCUT2D eigenvalue weighted by Crippen LogP contribution is -2.40. The van der Waals surface area contributed by atoms with Crippen molar-refractivity contribution < 1.29 is 4.74 Å². The van der Waals surface area contributed by atoms with Crippen LogP contribution in [-0.4, -0.2) is 42.2 Å². The topological polar surface area (TPSA) is 25.4 Å². The highest BCUT2D eigenvalue weighted by molar-refractivity contribution is 7.09. The average molecular weight is 331 g/mol. The molecule has 0 N–H and O–H groups in total. The highest BCUT2D eigenvalue weighted by Gasteiger charge is 2.19. The standard InChI is InChI=1S/C16H27ClN2OS/c1-2-10-20-15-6-5-9-19(12-15)8-4-3-7-16-18-14(11-17)13-21-16/h13,15H,2-12H2,1H3. The number of unbranched alkanes of at least 4 members (excludes halogenated alkanes) is 1. The second-order valence-electron chi connectivity index (χ2n) is 5.76. The molecule has 0 radical (unpaired) electrons. The average Bonchev–Trinajstić information content (AvgIpc) is 2.98. The summed E-state index contributed by atoms with van der Waals surface area (Å²) in [7, 11) is 0. The molecule has 2 rings (SSSR count). The number of aromatic nitrogens is 1. The van der Waals surface area contributed by atoms with E-state index in [1.807, 2.05) is 0 Å². The summed E-state index contributed by atoms with van der Waals surface area (Å²) < 4.78 is 5.89. The number of nitrogens with zero attached hydrogens (tertiary/aromatic N) is 2. The highest BCUT2D eigenvalue weighted by atomic mass is 35.5. The molecule has 120 valence electrons. The van der Waals surface area contributed by atoms with Crippen LogP contribution < -0.4 is 0 Å². The van der Waals surface area contributed by atoms with E-state index < -0.39 is 0 Å². The Hall–Kier alpha value is -0.160. The van der Waals surface area contributed by atoms with E-state index in [0.29, 0.717) is 12.0 Å². The lowest BCUT2D eigenvalue weighted by molar-refractivity contribution is -0.000322. The molecule has 1 aromatic rings. The molecular formula is C16H27ClN2OS. The van der Waals surface area contributed by atoms with Gasteiger partial charge in [0.15, 0.2) is 0 Å². The Balaban J connectivity index is 1.59. The van der Waals surface area contributed by atoms with E-state index in [0.717, 1.165) is 31.7 Å². The van der Waals surface area contributed by atoms with Gasteiger partial charge < -0.3 is 9.64 Å². The number of aryl methyl sites for hydroxylation is 1. The Morgan fingerprint density at radius 2 is 2.38 bits per heavy atom. The van der Waals surface area contributed by atoms with E-state index in [9.17, 15) is 0 Å². The Morgan fingerprint density at radius 1 is 1.48 bits per heavy atom. The SMILES string of the molecule is CCCOC1CCCN(CCCCc2nc(CCl)cs2)C1. The Bertz CT molecular complexity index is 399. The third kappa shape index (κ3) is 6.23. The zero-order chi connectivity index (χ0) is 14.9. The maximum atomic E-state index is 5.89. The van der Waals surface area contributed by atoms with Crippen LogP contribution in [0.3, 0.4) is 0 Å². The zero-order valence-electron chi connectivity index (χ0n) is 13.0. The number of hydrogen-bond acceptors (Lipinski definition) is 4. The van der Waals surface area contributed by atoms with Crippen LogP contribution in [0.2, 0.25) is 0 Å². The summed E-state index contributed by atoms with van der Waals surface area (Å²) in [6.07, 6.45) is 7.64. The van der Waals surface area contributed by atoms with Gasteiger partial charge >= 0.3 is 0 Å². The summed E-state index contributed by atoms with van der Waals surface area (Å²) in [5.41, 5.74) is 1.02. The first-order valence-electron chi connectivity index (χ1n) is 8.15. The molecule has 0 bridgehead atoms. The molecule has 1 saturated heterocycles. The molecule has 1 aromatic heterocycles. The van der Waals surface area contributed by atoms with E-state index >= 15 is 0 Å². The van der Waals surface area contributed by atoms with Crippen molar-refractivity contribution in [2.75, 3.05) is 26.2 Å². The van der Waals surface area contributed by atoms with E-state index in [2.05, 4.69) is 22.2 Å². The van der Waals surface area contributed by atoms with Crippen LogP contribution in [-0.2, 0) is 17.0 Å². The van der Waals surface area contributed by atoms with Crippen molar-refractivity contribution in [3.63, 3.8) is 0 Å². The molecule has 0 spiro atoms. The molecule has 1 fully saturated rings. The molecule has 1 aliphatic rings. The van der Waals surface area contributed by atoms with Gasteiger partial charge in [-0.15, -0.1) is 22.9 Å². The maximum Gasteiger partial charge on any atom is 0.0928 e. The van der Waals surface area contributed by atoms with Gasteiger partial charge in [0.2, 0.25) is 0 Å². The molecule has 5 heteroatoms. The molecule has 0 aromatic carbocycles. The smallest absolute Gasteiger partial charge is 0.0928 e. The van der Waals surface area contributed by atoms with E-state index in [1.165, 1.54) is 43.8 Å². The van der Waals surface area contributed by atoms with Gasteiger partial charge in [-0.1, -0.05) is 6.92 Å². The number of halogens is 1. The normalized spacial score (nSPS) is 20.0. The number of hydrogen-bond donors (Lipinski definition) is 0. The molecule has 0 aliphatic carbocycles. The summed E-state index contributed by atoms with van der Waals surface area (Å²) in [6, 6.07) is 0. The first kappa shape index (κ1) is 17.2. The van der Waals surface area contributed by atoms with E-state index in [4.69, 9.17) is 16.3 Å². The van der Waals surface area contributed by atoms with Gasteiger partial charge in [-0.2, -0.15) is 0 Å². The largest absolute Gasteiger partial charge is 0.377 e. The summed E-state index contributed by atoms with van der Waals surface area (Å²) in [4.78, 5) is 7.08. The van der Waals surface area contributed by atoms with Crippen LogP contribution >= 0.6 is 22.9 Å². The first-order chi connectivity index (χ1) is 10.3. The molecule has 2 heterocycles. The van der Waals surface area contributed by atoms with Crippen LogP contribution in [0.15, 0.2) is 5.38 Å². The second kappa shape index (κ2) is 9.78. The van der Waals surface area contributed by atoms with Crippen LogP contribution in [0.5, 0.6) is 0 Å². The predicted octanol–water partition coefficient (Wildman–Crippen LogP) is 4.10. The van der Waals surface area contributed by atoms with Crippen molar-refractivity contribution in [2.45, 2.75) is 57.4 Å². The Kier molecular flexibility index (Phi) is 8.01. The van der Waals surface area contributed by atoms with Crippen molar-refractivity contribution >= 4 is 22.9 Å². The Labute approximate surface area is 137 Å². The fourth-order valence-electron chi connectivity index (χ4n) is 2.77. The molecule has 21 heavy (non-hydrogen) atoms. The lowest BCUT2D eigenvalue weighted by Gasteiger charge is -2.32. The minimum atomic E-state index is 0.462. The van der Waals surface area contributed by atoms with Crippen LogP contribution in [0.1, 0.15) is 49.7 Å². The van der Waals surface area contributed by atoms with Gasteiger partial charge in [-0.3, -0.25) is 0 Å². The number of likely N-dealkylation sites (tertiary alicyclic amines) is 1. The summed E-state index contributed by atoms with van der Waals surface area (Å²) in [5.74, 6) is 0.531. The van der Waals surface area contributed by atoms with Gasteiger partial charge in [0.1, 0.15) is 0 Å². The molecule has 0 amide bonds. The van der Waals surface area contributed by atoms with Gasteiger partial charge in [-0.25, -0.2) is 4.98 Å². The molecule has 1 atom stereocenters. The molecule has 1 unspecified atom stereocenters. The number of rotatable bonds is 9. The minimum Gasteiger partial charge on any atom is -0.377 e. The molecular weight excluding hydrogens is 304 g/mol. The summed E-state index contributed by atoms with van der Waals surface area (Å²) in [6.45, 7) is 6.63. The van der Waals surface area contributed by atoms with Crippen molar-refractivity contribution in [3.8, 4) is 0 Å². The number of ether oxygens (including phenoxy) is 1. The first-order valence-corrected chi connectivity index (χ1v) is 9.56. The zero-order valence-corrected chi connectivity index (χ0v) is 14.6. The lowest BCUT2D eigenvalue weighted by atomic mass is 10.1. The van der Waals surface area contributed by atoms with Crippen molar-refractivity contribution in [1.82, 2.24) is 9.88 Å². The number of alkyl halides is 1. The fraction of sp³-hybridized carbons (Fsp3) is 0.812. The molecule has 3 nitrogen and oxygen atoms in total. The highest BCUT2D eigenvalue weighted by Crippen LogP contribution is 2.16. The third-order valence-electron chi connectivity index (χ3n) is 3.87. The van der Waals surface area contributed by atoms with Crippen molar-refractivity contribution in [3.05, 3.63) is 16.1 Å². The monoisotopic (exact) mass is 330 g/mol. The van der Waals surface area contributed by atoms with Gasteiger partial charge in [0.05, 0.1) is 22.7 Å². The van der Waals surface area contributed by atoms with Gasteiger partial charge in [-0.05, 0) is 51.6 Å². The van der Waals surface area contributed by atoms with Gasteiger partial charge in [0.25, 0.3) is 0 Å². The van der Waals surface area contributed by atoms with Gasteiger partial charge in [0, 0.05) is 18.5 Å². The van der Waals surface area contributed by atoms with Crippen LogP contribution in [0.25, 0.3) is 0 Å². The van der Waals surface area contributed by atoms with Crippen LogP contribution in [0, 0.1) is 0 Å². The summed E-state index contributed by atoms with van der Waals surface area (Å²) in [5, 5.41) is 3.30. The fourth-order valence-corrected chi connectivity index (χ4v) is 3.84. The van der Waals surface area contributed by atoms with Crippen LogP contribution in [0.4, 0.5) is 0 Å². The maximum absolute atomic E-state index is 5.89. The minimum absolute atomic E-state index is 0.462. The second-order valence-corrected chi connectivity index (χ2v) is 6.97. The van der Waals surface area contributed by atoms with E-state index in [1.54, 1.807) is 11.3 Å². The van der Waals surface area contributed by atoms with Crippen molar-refractivity contribution in [1.29, 1.82) is 0 Å². The quantitative estimate of drug-likeness (QED) is 0.503. The predicted molar refractivity (Wildman–Crippen MR) is 90.3 cm³/mol. The molecule has 0 saturated carbocycles. The summed E-state index contributed by atoms with van der Waals surface area (Å²) >= 11 is 7.52. The van der Waals surface area contributed by atoms with Crippen molar-refractivity contribution in [2.24, 2.45) is 0 Å². The third-order valence-corrected chi connectivity index (χ3v) is 5.10. The van der Waals surface area contributed by atoms with E-state index in [-0.39, 0.29) is 0 Å². The molecule has 1 aliphatic heterocycles. The Morgan fingerprint density at radius 3 is 3.14 bits per heavy atom. The number of piperidine rings is 1. The number of thiazole rings is 1.